The molecule has 6 nitrogen and oxygen atoms in total. The van der Waals surface area contributed by atoms with Crippen LogP contribution >= 0.6 is 0 Å². The number of imidazole rings is 1. The summed E-state index contributed by atoms with van der Waals surface area (Å²) in [7, 11) is 3.31. The van der Waals surface area contributed by atoms with Crippen molar-refractivity contribution in [1.82, 2.24) is 14.5 Å². The van der Waals surface area contributed by atoms with E-state index in [1.54, 1.807) is 14.2 Å². The van der Waals surface area contributed by atoms with Crippen molar-refractivity contribution < 1.29 is 9.47 Å². The quantitative estimate of drug-likeness (QED) is 0.844. The molecule has 0 radical (unpaired) electrons. The van der Waals surface area contributed by atoms with Crippen LogP contribution in [-0.4, -0.2) is 48.3 Å². The highest BCUT2D eigenvalue weighted by Crippen LogP contribution is 2.33. The summed E-state index contributed by atoms with van der Waals surface area (Å²) in [5.74, 6) is 2.37. The molecule has 1 aliphatic rings. The standard InChI is InChI=1S/C18H28N4O2/c1-4-13(19)18-20-14-11-16(23-2)17(24-3)12-15(14)22(18)10-9-21-7-5-6-8-21/h11-13H,4-10,19H2,1-3H3. The third kappa shape index (κ3) is 3.21. The summed E-state index contributed by atoms with van der Waals surface area (Å²) in [5.41, 5.74) is 8.30. The lowest BCUT2D eigenvalue weighted by molar-refractivity contribution is 0.321. The zero-order valence-corrected chi connectivity index (χ0v) is 14.9. The van der Waals surface area contributed by atoms with Crippen LogP contribution in [0.2, 0.25) is 0 Å². The van der Waals surface area contributed by atoms with Gasteiger partial charge < -0.3 is 24.7 Å². The Morgan fingerprint density at radius 3 is 2.42 bits per heavy atom. The van der Waals surface area contributed by atoms with E-state index < -0.39 is 0 Å². The Morgan fingerprint density at radius 2 is 1.79 bits per heavy atom. The van der Waals surface area contributed by atoms with Gasteiger partial charge in [0.05, 0.1) is 31.3 Å². The van der Waals surface area contributed by atoms with Gasteiger partial charge in [-0.3, -0.25) is 0 Å². The van der Waals surface area contributed by atoms with Gasteiger partial charge in [0, 0.05) is 25.2 Å². The second kappa shape index (κ2) is 7.40. The molecule has 0 amide bonds. The summed E-state index contributed by atoms with van der Waals surface area (Å²) >= 11 is 0. The molecule has 1 aliphatic heterocycles. The average Bonchev–Trinajstić information content (AvgIpc) is 3.25. The van der Waals surface area contributed by atoms with E-state index in [1.807, 2.05) is 12.1 Å². The van der Waals surface area contributed by atoms with E-state index in [0.717, 1.165) is 42.1 Å². The van der Waals surface area contributed by atoms with Crippen molar-refractivity contribution in [3.63, 3.8) is 0 Å². The highest BCUT2D eigenvalue weighted by atomic mass is 16.5. The molecule has 0 bridgehead atoms. The maximum Gasteiger partial charge on any atom is 0.163 e. The molecule has 2 aromatic rings. The van der Waals surface area contributed by atoms with E-state index >= 15 is 0 Å². The summed E-state index contributed by atoms with van der Waals surface area (Å²) in [6.07, 6.45) is 3.47. The number of nitrogens with two attached hydrogens (primary N) is 1. The van der Waals surface area contributed by atoms with Crippen LogP contribution < -0.4 is 15.2 Å². The van der Waals surface area contributed by atoms with Crippen molar-refractivity contribution in [2.75, 3.05) is 33.9 Å². The normalized spacial score (nSPS) is 16.7. The zero-order chi connectivity index (χ0) is 17.1. The Morgan fingerprint density at radius 1 is 1.12 bits per heavy atom. The molecule has 3 rings (SSSR count). The van der Waals surface area contributed by atoms with Gasteiger partial charge in [-0.05, 0) is 32.4 Å². The topological polar surface area (TPSA) is 65.5 Å². The second-order valence-electron chi connectivity index (χ2n) is 6.38. The number of methoxy groups -OCH3 is 2. The summed E-state index contributed by atoms with van der Waals surface area (Å²) in [6, 6.07) is 3.89. The Hall–Kier alpha value is -1.79. The van der Waals surface area contributed by atoms with Crippen LogP contribution in [0.1, 0.15) is 38.1 Å². The monoisotopic (exact) mass is 332 g/mol. The number of aromatic nitrogens is 2. The summed E-state index contributed by atoms with van der Waals surface area (Å²) < 4.78 is 13.1. The van der Waals surface area contributed by atoms with Crippen LogP contribution in [0.5, 0.6) is 11.5 Å². The van der Waals surface area contributed by atoms with Gasteiger partial charge >= 0.3 is 0 Å². The van der Waals surface area contributed by atoms with Crippen molar-refractivity contribution in [1.29, 1.82) is 0 Å². The highest BCUT2D eigenvalue weighted by molar-refractivity contribution is 5.80. The number of nitrogens with zero attached hydrogens (tertiary/aromatic N) is 3. The molecule has 24 heavy (non-hydrogen) atoms. The van der Waals surface area contributed by atoms with Crippen molar-refractivity contribution >= 4 is 11.0 Å². The Bertz CT molecular complexity index is 692. The van der Waals surface area contributed by atoms with Crippen LogP contribution in [-0.2, 0) is 6.54 Å². The lowest BCUT2D eigenvalue weighted by Gasteiger charge is -2.18. The zero-order valence-electron chi connectivity index (χ0n) is 14.9. The molecule has 0 saturated carbocycles. The van der Waals surface area contributed by atoms with Gasteiger partial charge in [-0.2, -0.15) is 0 Å². The molecule has 1 aromatic carbocycles. The van der Waals surface area contributed by atoms with Crippen LogP contribution in [0.25, 0.3) is 11.0 Å². The van der Waals surface area contributed by atoms with Crippen molar-refractivity contribution in [3.8, 4) is 11.5 Å². The van der Waals surface area contributed by atoms with Crippen LogP contribution in [0, 0.1) is 0 Å². The Kier molecular flexibility index (Phi) is 5.26. The smallest absolute Gasteiger partial charge is 0.163 e. The van der Waals surface area contributed by atoms with Gasteiger partial charge in [0.2, 0.25) is 0 Å². The number of benzene rings is 1. The summed E-state index contributed by atoms with van der Waals surface area (Å²) in [5, 5.41) is 0. The van der Waals surface area contributed by atoms with E-state index in [0.29, 0.717) is 5.75 Å². The Balaban J connectivity index is 2.00. The molecular formula is C18H28N4O2. The van der Waals surface area contributed by atoms with Gasteiger partial charge in [-0.25, -0.2) is 4.98 Å². The SMILES string of the molecule is CCC(N)c1nc2cc(OC)c(OC)cc2n1CCN1CCCC1. The molecule has 1 fully saturated rings. The minimum Gasteiger partial charge on any atom is -0.493 e. The maximum absolute atomic E-state index is 6.32. The van der Waals surface area contributed by atoms with Gasteiger partial charge in [0.15, 0.2) is 11.5 Å². The van der Waals surface area contributed by atoms with Crippen LogP contribution in [0.15, 0.2) is 12.1 Å². The van der Waals surface area contributed by atoms with E-state index in [2.05, 4.69) is 16.4 Å². The first-order valence-corrected chi connectivity index (χ1v) is 8.78. The predicted octanol–water partition coefficient (Wildman–Crippen LogP) is 2.56. The largest absolute Gasteiger partial charge is 0.493 e. The van der Waals surface area contributed by atoms with E-state index in [4.69, 9.17) is 20.2 Å². The van der Waals surface area contributed by atoms with Gasteiger partial charge in [-0.1, -0.05) is 6.92 Å². The number of ether oxygens (including phenoxy) is 2. The van der Waals surface area contributed by atoms with E-state index in [9.17, 15) is 0 Å². The molecule has 0 aliphatic carbocycles. The number of rotatable bonds is 7. The fourth-order valence-electron chi connectivity index (χ4n) is 3.42. The first-order chi connectivity index (χ1) is 11.7. The molecular weight excluding hydrogens is 304 g/mol. The molecule has 132 valence electrons. The molecule has 2 N–H and O–H groups in total. The number of hydrogen-bond donors (Lipinski definition) is 1. The minimum absolute atomic E-state index is 0.0621. The Labute approximate surface area is 143 Å². The van der Waals surface area contributed by atoms with Gasteiger partial charge in [0.25, 0.3) is 0 Å². The molecule has 1 unspecified atom stereocenters. The average molecular weight is 332 g/mol. The molecule has 1 atom stereocenters. The fourth-order valence-corrected chi connectivity index (χ4v) is 3.42. The number of likely N-dealkylation sites (tertiary alicyclic amines) is 1. The van der Waals surface area contributed by atoms with Crippen LogP contribution in [0.4, 0.5) is 0 Å². The fraction of sp³-hybridized carbons (Fsp3) is 0.611. The highest BCUT2D eigenvalue weighted by Gasteiger charge is 2.20. The third-order valence-electron chi connectivity index (χ3n) is 4.89. The van der Waals surface area contributed by atoms with Crippen molar-refractivity contribution in [2.24, 2.45) is 5.73 Å². The summed E-state index contributed by atoms with van der Waals surface area (Å²) in [4.78, 5) is 7.30. The van der Waals surface area contributed by atoms with E-state index in [1.165, 1.54) is 25.9 Å². The second-order valence-corrected chi connectivity index (χ2v) is 6.38. The lowest BCUT2D eigenvalue weighted by Crippen LogP contribution is -2.26. The van der Waals surface area contributed by atoms with Gasteiger partial charge in [0.1, 0.15) is 5.82 Å². The molecule has 2 heterocycles. The first-order valence-electron chi connectivity index (χ1n) is 8.78. The number of fused-ring (bicyclic) bond motifs is 1. The molecule has 1 saturated heterocycles. The number of hydrogen-bond acceptors (Lipinski definition) is 5. The first kappa shape index (κ1) is 17.0. The van der Waals surface area contributed by atoms with Crippen LogP contribution in [0.3, 0.4) is 0 Å². The summed E-state index contributed by atoms with van der Waals surface area (Å²) in [6.45, 7) is 6.41. The van der Waals surface area contributed by atoms with Crippen molar-refractivity contribution in [2.45, 2.75) is 38.8 Å². The third-order valence-corrected chi connectivity index (χ3v) is 4.89. The maximum atomic E-state index is 6.32. The van der Waals surface area contributed by atoms with Gasteiger partial charge in [-0.15, -0.1) is 0 Å². The van der Waals surface area contributed by atoms with Crippen molar-refractivity contribution in [3.05, 3.63) is 18.0 Å². The van der Waals surface area contributed by atoms with E-state index in [-0.39, 0.29) is 6.04 Å². The lowest BCUT2D eigenvalue weighted by atomic mass is 10.2. The molecule has 6 heteroatoms. The molecule has 1 aromatic heterocycles. The predicted molar refractivity (Wildman–Crippen MR) is 95.7 cm³/mol. The molecule has 0 spiro atoms. The minimum atomic E-state index is -0.0621.